The Kier molecular flexibility index (Phi) is 15.6. The Balaban J connectivity index is 0.000000384. The average Bonchev–Trinajstić information content (AvgIpc) is 3.87. The first-order valence-corrected chi connectivity index (χ1v) is 21.0. The molecule has 0 bridgehead atoms. The van der Waals surface area contributed by atoms with Crippen molar-refractivity contribution in [2.75, 3.05) is 0 Å². The minimum atomic E-state index is -2.06. The van der Waals surface area contributed by atoms with Crippen molar-refractivity contribution in [3.8, 4) is 22.8 Å². The number of aromatic nitrogens is 4. The number of carbonyl (C=O) groups is 1. The van der Waals surface area contributed by atoms with Gasteiger partial charge in [0.25, 0.3) is 0 Å². The molecule has 2 aliphatic carbocycles. The number of alkyl carbamates (subject to hydrolysis) is 1. The third kappa shape index (κ3) is 11.0. The van der Waals surface area contributed by atoms with Gasteiger partial charge in [0.15, 0.2) is 8.32 Å². The number of hydrogen-bond donors (Lipinski definition) is 3. The molecule has 54 heavy (non-hydrogen) atoms. The number of hydrogen-bond acceptors (Lipinski definition) is 11. The Hall–Kier alpha value is -3.62. The van der Waals surface area contributed by atoms with Crippen LogP contribution in [0, 0.1) is 0 Å². The second-order valence-electron chi connectivity index (χ2n) is 15.6. The maximum Gasteiger partial charge on any atom is 0.408 e. The molecule has 2 aromatic carbocycles. The minimum Gasteiger partial charge on any atom is -0.444 e. The predicted octanol–water partition coefficient (Wildman–Crippen LogP) is 9.11. The first kappa shape index (κ1) is 44.8. The molecule has 0 radical (unpaired) electrons. The molecule has 12 nitrogen and oxygen atoms in total. The van der Waals surface area contributed by atoms with Gasteiger partial charge in [-0.3, -0.25) is 0 Å². The topological polar surface area (TPSA) is 172 Å². The highest BCUT2D eigenvalue weighted by Crippen LogP contribution is 2.43. The van der Waals surface area contributed by atoms with E-state index in [0.717, 1.165) is 39.8 Å². The number of ether oxygens (including phenoxy) is 1. The van der Waals surface area contributed by atoms with E-state index in [4.69, 9.17) is 25.3 Å². The van der Waals surface area contributed by atoms with Crippen LogP contribution in [0.4, 0.5) is 4.79 Å². The number of halogens is 1. The van der Waals surface area contributed by atoms with Crippen LogP contribution in [-0.2, 0) is 34.8 Å². The molecule has 0 saturated heterocycles. The molecule has 4 atom stereocenters. The van der Waals surface area contributed by atoms with Crippen LogP contribution in [-0.4, -0.2) is 57.6 Å². The maximum atomic E-state index is 12.6. The summed E-state index contributed by atoms with van der Waals surface area (Å²) in [6.07, 6.45) is 1.62. The summed E-state index contributed by atoms with van der Waals surface area (Å²) >= 11 is 0. The monoisotopic (exact) mass is 787 g/mol. The van der Waals surface area contributed by atoms with Gasteiger partial charge >= 0.3 is 6.09 Å². The molecular formula is C40H63ClN6O6Si. The van der Waals surface area contributed by atoms with Crippen molar-refractivity contribution in [2.45, 2.75) is 150 Å². The van der Waals surface area contributed by atoms with E-state index in [1.54, 1.807) is 6.92 Å². The summed E-state index contributed by atoms with van der Waals surface area (Å²) in [5.41, 5.74) is 11.4. The number of aliphatic hydroxyl groups is 1. The molecule has 0 unspecified atom stereocenters. The van der Waals surface area contributed by atoms with Gasteiger partial charge in [-0.05, 0) is 73.3 Å². The van der Waals surface area contributed by atoms with Gasteiger partial charge in [0.1, 0.15) is 5.60 Å². The molecule has 14 heteroatoms. The van der Waals surface area contributed by atoms with Crippen LogP contribution in [0.25, 0.3) is 22.8 Å². The first-order chi connectivity index (χ1) is 24.8. The summed E-state index contributed by atoms with van der Waals surface area (Å²) in [7, 11) is -2.06. The van der Waals surface area contributed by atoms with E-state index in [0.29, 0.717) is 49.6 Å². The largest absolute Gasteiger partial charge is 0.444 e. The van der Waals surface area contributed by atoms with Crippen LogP contribution in [0.2, 0.25) is 18.1 Å². The van der Waals surface area contributed by atoms with Crippen molar-refractivity contribution in [1.82, 2.24) is 25.6 Å². The van der Waals surface area contributed by atoms with Crippen LogP contribution in [0.5, 0.6) is 0 Å². The molecule has 4 N–H and O–H groups in total. The SMILES string of the molecule is C.CCc1nc(-c2ccc3c(c2)C[C@H](O)[C@H]3N)no1.CCc1nc(-c2ccc3c(c2)C[C@H](O[Si](C)(C)C(C)(C)C)[C@H]3NC(=O)OC(C)(C)C)no1.Cl.[2H]CC. The van der Waals surface area contributed by atoms with Crippen molar-refractivity contribution < 1.29 is 29.5 Å². The molecular weight excluding hydrogens is 724 g/mol. The Morgan fingerprint density at radius 3 is 1.87 bits per heavy atom. The van der Waals surface area contributed by atoms with Gasteiger partial charge in [0.05, 0.1) is 24.3 Å². The molecule has 0 spiro atoms. The van der Waals surface area contributed by atoms with Crippen molar-refractivity contribution in [2.24, 2.45) is 5.73 Å². The zero-order valence-corrected chi connectivity index (χ0v) is 34.9. The van der Waals surface area contributed by atoms with Gasteiger partial charge in [-0.1, -0.05) is 90.4 Å². The number of aliphatic hydroxyl groups excluding tert-OH is 1. The second kappa shape index (κ2) is 18.8. The van der Waals surface area contributed by atoms with Crippen molar-refractivity contribution in [3.05, 3.63) is 70.4 Å². The van der Waals surface area contributed by atoms with E-state index in [2.05, 4.69) is 65.5 Å². The third-order valence-electron chi connectivity index (χ3n) is 9.60. The fraction of sp³-hybridized carbons (Fsp3) is 0.575. The number of carbonyl (C=O) groups excluding carboxylic acids is 1. The summed E-state index contributed by atoms with van der Waals surface area (Å²) in [5.74, 6) is 2.41. The predicted molar refractivity (Wildman–Crippen MR) is 218 cm³/mol. The Morgan fingerprint density at radius 2 is 1.43 bits per heavy atom. The standard InChI is InChI=1S/C24H37N3O4Si.C13H15N3O2.C2H6.CH4.ClH/c1-10-19-25-21(27-30-19)15-11-12-17-16(13-15)14-18(31-32(8,9)24(5,6)7)20(17)26-22(28)29-23(2,3)4;1-2-11-15-13(16-18-11)7-3-4-9-8(5-7)6-10(17)12(9)14;1-2;;/h11-13,18,20H,10,14H2,1-9H3,(H,26,28);3-5,10,12,17H,2,6,14H2,1H3;1-2H3;1H4;1H/t18-,20-;10-,12-;;;/m00.../s1/i;;1D;;. The molecule has 2 heterocycles. The Morgan fingerprint density at radius 1 is 0.944 bits per heavy atom. The fourth-order valence-electron chi connectivity index (χ4n) is 5.87. The maximum absolute atomic E-state index is 12.6. The quantitative estimate of drug-likeness (QED) is 0.153. The summed E-state index contributed by atoms with van der Waals surface area (Å²) in [5, 5.41) is 20.9. The molecule has 0 fully saturated rings. The fourth-order valence-corrected chi connectivity index (χ4v) is 7.20. The highest BCUT2D eigenvalue weighted by atomic mass is 35.5. The number of aryl methyl sites for hydroxylation is 2. The molecule has 300 valence electrons. The van der Waals surface area contributed by atoms with E-state index in [-0.39, 0.29) is 43.1 Å². The smallest absolute Gasteiger partial charge is 0.408 e. The van der Waals surface area contributed by atoms with Crippen molar-refractivity contribution in [1.29, 1.82) is 0 Å². The summed E-state index contributed by atoms with van der Waals surface area (Å²) in [6.45, 7) is 23.0. The highest BCUT2D eigenvalue weighted by Gasteiger charge is 2.44. The van der Waals surface area contributed by atoms with Crippen molar-refractivity contribution in [3.63, 3.8) is 0 Å². The highest BCUT2D eigenvalue weighted by molar-refractivity contribution is 6.74. The summed E-state index contributed by atoms with van der Waals surface area (Å²) in [4.78, 5) is 21.4. The normalized spacial score (nSPS) is 19.0. The zero-order valence-electron chi connectivity index (χ0n) is 34.1. The molecule has 0 aliphatic heterocycles. The number of benzene rings is 2. The number of amides is 1. The van der Waals surface area contributed by atoms with Gasteiger partial charge in [0, 0.05) is 38.2 Å². The van der Waals surface area contributed by atoms with Gasteiger partial charge in [0.2, 0.25) is 23.4 Å². The molecule has 4 aromatic rings. The summed E-state index contributed by atoms with van der Waals surface area (Å²) in [6, 6.07) is 11.4. The minimum absolute atomic E-state index is 0. The molecule has 0 saturated carbocycles. The van der Waals surface area contributed by atoms with E-state index >= 15 is 0 Å². The van der Waals surface area contributed by atoms with E-state index in [9.17, 15) is 9.90 Å². The van der Waals surface area contributed by atoms with E-state index in [1.165, 1.54) is 0 Å². The lowest BCUT2D eigenvalue weighted by Gasteiger charge is -2.40. The number of rotatable bonds is 7. The van der Waals surface area contributed by atoms with Crippen LogP contribution >= 0.6 is 12.4 Å². The molecule has 6 rings (SSSR count). The van der Waals surface area contributed by atoms with Crippen LogP contribution in [0.1, 0.15) is 124 Å². The van der Waals surface area contributed by atoms with Gasteiger partial charge in [-0.15, -0.1) is 12.4 Å². The molecule has 1 amide bonds. The summed E-state index contributed by atoms with van der Waals surface area (Å²) < 4.78 is 28.9. The number of nitrogens with zero attached hydrogens (tertiary/aromatic N) is 4. The lowest BCUT2D eigenvalue weighted by atomic mass is 10.0. The lowest BCUT2D eigenvalue weighted by molar-refractivity contribution is 0.0446. The van der Waals surface area contributed by atoms with E-state index < -0.39 is 26.1 Å². The van der Waals surface area contributed by atoms with E-state index in [1.807, 2.05) is 65.0 Å². The van der Waals surface area contributed by atoms with Gasteiger partial charge in [-0.25, -0.2) is 4.79 Å². The molecule has 2 aromatic heterocycles. The lowest BCUT2D eigenvalue weighted by Crippen LogP contribution is -2.47. The van der Waals surface area contributed by atoms with Crippen LogP contribution < -0.4 is 11.1 Å². The van der Waals surface area contributed by atoms with Gasteiger partial charge in [-0.2, -0.15) is 9.97 Å². The molecule has 2 aliphatic rings. The van der Waals surface area contributed by atoms with Gasteiger partial charge < -0.3 is 34.4 Å². The number of fused-ring (bicyclic) bond motifs is 2. The first-order valence-electron chi connectivity index (χ1n) is 18.8. The number of nitrogens with one attached hydrogen (secondary N) is 1. The third-order valence-corrected chi connectivity index (χ3v) is 14.1. The second-order valence-corrected chi connectivity index (χ2v) is 20.4. The Labute approximate surface area is 330 Å². The van der Waals surface area contributed by atoms with Crippen molar-refractivity contribution >= 4 is 26.8 Å². The zero-order chi connectivity index (χ0) is 39.3. The Bertz CT molecular complexity index is 1840. The van der Waals surface area contributed by atoms with Crippen LogP contribution in [0.15, 0.2) is 45.4 Å². The number of nitrogens with two attached hydrogens (primary N) is 1. The average molecular weight is 789 g/mol. The van der Waals surface area contributed by atoms with Crippen LogP contribution in [0.3, 0.4) is 0 Å².